The van der Waals surface area contributed by atoms with Gasteiger partial charge >= 0.3 is 0 Å². The molecule has 1 aromatic carbocycles. The zero-order valence-corrected chi connectivity index (χ0v) is 19.6. The number of methoxy groups -OCH3 is 1. The lowest BCUT2D eigenvalue weighted by molar-refractivity contribution is 0.165. The molecule has 0 spiro atoms. The van der Waals surface area contributed by atoms with E-state index in [1.165, 1.54) is 29.7 Å². The highest BCUT2D eigenvalue weighted by atomic mass is 127. The molecule has 1 atom stereocenters. The van der Waals surface area contributed by atoms with Gasteiger partial charge in [0.2, 0.25) is 0 Å². The normalized spacial score (nSPS) is 16.2. The number of nitrogens with two attached hydrogens (primary N) is 1. The molecule has 2 heterocycles. The molecule has 1 aromatic heterocycles. The molecule has 7 heteroatoms. The quantitative estimate of drug-likeness (QED) is 0.317. The van der Waals surface area contributed by atoms with Crippen molar-refractivity contribution in [3.05, 3.63) is 52.2 Å². The molecule has 1 saturated heterocycles. The van der Waals surface area contributed by atoms with Gasteiger partial charge in [0.05, 0.1) is 19.7 Å². The van der Waals surface area contributed by atoms with E-state index in [1.54, 1.807) is 18.4 Å². The van der Waals surface area contributed by atoms with Crippen LogP contribution in [-0.2, 0) is 6.42 Å². The van der Waals surface area contributed by atoms with Gasteiger partial charge in [0.25, 0.3) is 0 Å². The van der Waals surface area contributed by atoms with Crippen molar-refractivity contribution < 1.29 is 4.74 Å². The van der Waals surface area contributed by atoms with Crippen LogP contribution in [0.25, 0.3) is 0 Å². The molecule has 5 nitrogen and oxygen atoms in total. The van der Waals surface area contributed by atoms with E-state index in [0.29, 0.717) is 12.5 Å². The van der Waals surface area contributed by atoms with E-state index in [0.717, 1.165) is 31.8 Å². The molecule has 2 aromatic rings. The molecular weight excluding hydrogens is 483 g/mol. The lowest BCUT2D eigenvalue weighted by Crippen LogP contribution is -2.37. The number of nitrogens with zero attached hydrogens (tertiary/aromatic N) is 2. The first kappa shape index (κ1) is 23.0. The minimum Gasteiger partial charge on any atom is -0.496 e. The number of halogens is 1. The molecule has 1 aliphatic rings. The van der Waals surface area contributed by atoms with Gasteiger partial charge in [0.15, 0.2) is 5.96 Å². The number of guanidine groups is 1. The fraction of sp³-hybridized carbons (Fsp3) is 0.476. The Morgan fingerprint density at radius 3 is 2.71 bits per heavy atom. The van der Waals surface area contributed by atoms with Crippen molar-refractivity contribution in [1.82, 2.24) is 10.2 Å². The number of ether oxygens (including phenoxy) is 1. The third-order valence-corrected chi connectivity index (χ3v) is 5.96. The highest BCUT2D eigenvalue weighted by Crippen LogP contribution is 2.31. The predicted octanol–water partition coefficient (Wildman–Crippen LogP) is 4.05. The van der Waals surface area contributed by atoms with Crippen LogP contribution in [0.3, 0.4) is 0 Å². The lowest BCUT2D eigenvalue weighted by Gasteiger charge is -2.34. The Labute approximate surface area is 189 Å². The first-order valence-electron chi connectivity index (χ1n) is 9.71. The van der Waals surface area contributed by atoms with Crippen molar-refractivity contribution in [2.24, 2.45) is 10.7 Å². The smallest absolute Gasteiger partial charge is 0.188 e. The topological polar surface area (TPSA) is 62.9 Å². The van der Waals surface area contributed by atoms with Crippen molar-refractivity contribution in [1.29, 1.82) is 0 Å². The molecule has 154 valence electrons. The van der Waals surface area contributed by atoms with Gasteiger partial charge in [-0.3, -0.25) is 9.89 Å². The number of aliphatic imine (C=N–C) groups is 1. The molecule has 1 unspecified atom stereocenters. The fourth-order valence-electron chi connectivity index (χ4n) is 3.59. The largest absolute Gasteiger partial charge is 0.496 e. The number of benzene rings is 1. The minimum absolute atomic E-state index is 0. The zero-order valence-electron chi connectivity index (χ0n) is 16.5. The SMILES string of the molecule is COc1ccccc1C(CN=C(N)NCCc1cccs1)N1CCCCC1.I. The van der Waals surface area contributed by atoms with Crippen molar-refractivity contribution in [3.8, 4) is 5.75 Å². The van der Waals surface area contributed by atoms with E-state index >= 15 is 0 Å². The standard InChI is InChI=1S/C21H30N4OS.HI/c1-26-20-10-4-3-9-18(20)19(25-13-5-2-6-14-25)16-24-21(22)23-12-11-17-8-7-15-27-17;/h3-4,7-10,15,19H,2,5-6,11-14,16H2,1H3,(H3,22,23,24);1H. The molecule has 3 rings (SSSR count). The van der Waals surface area contributed by atoms with Gasteiger partial charge < -0.3 is 15.8 Å². The van der Waals surface area contributed by atoms with Crippen molar-refractivity contribution in [2.75, 3.05) is 33.3 Å². The maximum Gasteiger partial charge on any atom is 0.188 e. The second-order valence-corrected chi connectivity index (χ2v) is 7.87. The van der Waals surface area contributed by atoms with E-state index in [2.05, 4.69) is 44.9 Å². The Balaban J connectivity index is 0.00000280. The fourth-order valence-corrected chi connectivity index (χ4v) is 4.30. The summed E-state index contributed by atoms with van der Waals surface area (Å²) in [6.07, 6.45) is 4.76. The first-order chi connectivity index (χ1) is 13.3. The number of hydrogen-bond donors (Lipinski definition) is 2. The van der Waals surface area contributed by atoms with E-state index in [9.17, 15) is 0 Å². The van der Waals surface area contributed by atoms with Crippen LogP contribution >= 0.6 is 35.3 Å². The molecule has 0 saturated carbocycles. The molecule has 0 bridgehead atoms. The Kier molecular flexibility index (Phi) is 10.1. The second-order valence-electron chi connectivity index (χ2n) is 6.84. The van der Waals surface area contributed by atoms with Gasteiger partial charge in [-0.05, 0) is 49.9 Å². The van der Waals surface area contributed by atoms with E-state index < -0.39 is 0 Å². The number of likely N-dealkylation sites (tertiary alicyclic amines) is 1. The number of hydrogen-bond acceptors (Lipinski definition) is 4. The second kappa shape index (κ2) is 12.3. The Morgan fingerprint density at radius 1 is 1.21 bits per heavy atom. The summed E-state index contributed by atoms with van der Waals surface area (Å²) in [7, 11) is 1.73. The van der Waals surface area contributed by atoms with Crippen LogP contribution in [0, 0.1) is 0 Å². The number of rotatable bonds is 8. The Morgan fingerprint density at radius 2 is 2.00 bits per heavy atom. The van der Waals surface area contributed by atoms with Crippen LogP contribution in [-0.4, -0.2) is 44.1 Å². The summed E-state index contributed by atoms with van der Waals surface area (Å²) in [4.78, 5) is 8.53. The first-order valence-corrected chi connectivity index (χ1v) is 10.6. The van der Waals surface area contributed by atoms with Gasteiger partial charge in [-0.1, -0.05) is 30.7 Å². The molecule has 28 heavy (non-hydrogen) atoms. The van der Waals surface area contributed by atoms with Crippen molar-refractivity contribution in [3.63, 3.8) is 0 Å². The van der Waals surface area contributed by atoms with E-state index in [1.807, 2.05) is 12.1 Å². The average Bonchev–Trinajstić information content (AvgIpc) is 3.23. The van der Waals surface area contributed by atoms with Gasteiger partial charge in [-0.15, -0.1) is 35.3 Å². The summed E-state index contributed by atoms with van der Waals surface area (Å²) in [5.41, 5.74) is 7.32. The van der Waals surface area contributed by atoms with Crippen LogP contribution in [0.2, 0.25) is 0 Å². The number of para-hydroxylation sites is 1. The van der Waals surface area contributed by atoms with Gasteiger partial charge in [0, 0.05) is 17.0 Å². The lowest BCUT2D eigenvalue weighted by atomic mass is 10.0. The van der Waals surface area contributed by atoms with Crippen molar-refractivity contribution in [2.45, 2.75) is 31.7 Å². The molecule has 1 aliphatic heterocycles. The predicted molar refractivity (Wildman–Crippen MR) is 129 cm³/mol. The summed E-state index contributed by atoms with van der Waals surface area (Å²) in [5, 5.41) is 5.34. The molecule has 0 amide bonds. The molecular formula is C21H31IN4OS. The summed E-state index contributed by atoms with van der Waals surface area (Å²) >= 11 is 1.77. The summed E-state index contributed by atoms with van der Waals surface area (Å²) in [5.74, 6) is 1.44. The molecule has 0 radical (unpaired) electrons. The zero-order chi connectivity index (χ0) is 18.9. The third kappa shape index (κ3) is 6.63. The maximum atomic E-state index is 6.13. The molecule has 0 aliphatic carbocycles. The van der Waals surface area contributed by atoms with Gasteiger partial charge in [0.1, 0.15) is 5.75 Å². The van der Waals surface area contributed by atoms with Crippen LogP contribution < -0.4 is 15.8 Å². The van der Waals surface area contributed by atoms with Gasteiger partial charge in [-0.25, -0.2) is 0 Å². The van der Waals surface area contributed by atoms with Crippen LogP contribution in [0.5, 0.6) is 5.75 Å². The number of piperidine rings is 1. The minimum atomic E-state index is 0. The molecule has 1 fully saturated rings. The van der Waals surface area contributed by atoms with E-state index in [-0.39, 0.29) is 30.0 Å². The highest BCUT2D eigenvalue weighted by Gasteiger charge is 2.24. The average molecular weight is 514 g/mol. The van der Waals surface area contributed by atoms with Crippen LogP contribution in [0.1, 0.15) is 35.7 Å². The highest BCUT2D eigenvalue weighted by molar-refractivity contribution is 14.0. The molecule has 3 N–H and O–H groups in total. The number of thiophene rings is 1. The van der Waals surface area contributed by atoms with E-state index in [4.69, 9.17) is 10.5 Å². The Hall–Kier alpha value is -1.32. The number of nitrogens with one attached hydrogen (secondary N) is 1. The van der Waals surface area contributed by atoms with Crippen LogP contribution in [0.4, 0.5) is 0 Å². The van der Waals surface area contributed by atoms with Gasteiger partial charge in [-0.2, -0.15) is 0 Å². The monoisotopic (exact) mass is 514 g/mol. The van der Waals surface area contributed by atoms with Crippen molar-refractivity contribution >= 4 is 41.3 Å². The third-order valence-electron chi connectivity index (χ3n) is 5.02. The van der Waals surface area contributed by atoms with Crippen LogP contribution in [0.15, 0.2) is 46.8 Å². The Bertz CT molecular complexity index is 717. The summed E-state index contributed by atoms with van der Waals surface area (Å²) in [6, 6.07) is 12.7. The summed E-state index contributed by atoms with van der Waals surface area (Å²) < 4.78 is 5.61. The maximum absolute atomic E-state index is 6.13. The summed E-state index contributed by atoms with van der Waals surface area (Å²) in [6.45, 7) is 3.64.